The molecule has 4 aromatic rings. The number of ether oxygens (including phenoxy) is 1. The number of hydrogen-bond acceptors (Lipinski definition) is 8. The Balaban J connectivity index is 1.31. The third-order valence-electron chi connectivity index (χ3n) is 9.25. The van der Waals surface area contributed by atoms with Crippen LogP contribution in [0.4, 0.5) is 0 Å². The maximum Gasteiger partial charge on any atom is 0.270 e. The second-order valence-corrected chi connectivity index (χ2v) is 15.0. The fourth-order valence-corrected chi connectivity index (χ4v) is 6.51. The van der Waals surface area contributed by atoms with E-state index in [0.29, 0.717) is 37.9 Å². The highest BCUT2D eigenvalue weighted by Gasteiger charge is 2.38. The van der Waals surface area contributed by atoms with Gasteiger partial charge in [0.05, 0.1) is 36.4 Å². The Hall–Kier alpha value is -4.71. The number of nitrogens with one attached hydrogen (secondary N) is 3. The van der Waals surface area contributed by atoms with E-state index in [1.165, 1.54) is 0 Å². The molecular formula is C41H52N6O5. The lowest BCUT2D eigenvalue weighted by Gasteiger charge is -2.41. The lowest BCUT2D eigenvalue weighted by atomic mass is 9.94. The van der Waals surface area contributed by atoms with Crippen molar-refractivity contribution in [2.45, 2.75) is 96.4 Å². The van der Waals surface area contributed by atoms with Crippen LogP contribution >= 0.6 is 0 Å². The van der Waals surface area contributed by atoms with E-state index in [4.69, 9.17) is 4.74 Å². The summed E-state index contributed by atoms with van der Waals surface area (Å²) in [4.78, 5) is 51.7. The molecular weight excluding hydrogens is 656 g/mol. The lowest BCUT2D eigenvalue weighted by molar-refractivity contribution is -0.134. The normalized spacial score (nSPS) is 18.4. The predicted molar refractivity (Wildman–Crippen MR) is 201 cm³/mol. The second-order valence-electron chi connectivity index (χ2n) is 15.0. The third kappa shape index (κ3) is 10.9. The molecule has 5 rings (SSSR count). The number of hydrogen-bond donors (Lipinski definition) is 4. The first kappa shape index (κ1) is 38.5. The smallest absolute Gasteiger partial charge is 0.270 e. The molecule has 3 amide bonds. The summed E-state index contributed by atoms with van der Waals surface area (Å²) in [5, 5.41) is 21.9. The first-order valence-corrected chi connectivity index (χ1v) is 18.1. The molecule has 4 N–H and O–H groups in total. The van der Waals surface area contributed by atoms with Crippen molar-refractivity contribution >= 4 is 28.6 Å². The zero-order valence-electron chi connectivity index (χ0n) is 30.8. The maximum atomic E-state index is 14.0. The Morgan fingerprint density at radius 2 is 1.67 bits per heavy atom. The van der Waals surface area contributed by atoms with Crippen molar-refractivity contribution in [1.82, 2.24) is 30.8 Å². The number of carbonyl (C=O) groups is 3. The van der Waals surface area contributed by atoms with Gasteiger partial charge in [-0.1, -0.05) is 74.5 Å². The lowest BCUT2D eigenvalue weighted by Crippen LogP contribution is -2.60. The van der Waals surface area contributed by atoms with Gasteiger partial charge in [-0.15, -0.1) is 0 Å². The minimum absolute atomic E-state index is 0.136. The van der Waals surface area contributed by atoms with Crippen molar-refractivity contribution in [3.8, 4) is 0 Å². The molecule has 0 bridgehead atoms. The van der Waals surface area contributed by atoms with Gasteiger partial charge in [-0.05, 0) is 75.3 Å². The molecule has 3 heterocycles. The van der Waals surface area contributed by atoms with Crippen LogP contribution in [-0.4, -0.2) is 86.7 Å². The molecule has 276 valence electrons. The fraction of sp³-hybridized carbons (Fsp3) is 0.439. The SMILES string of the molecule is CC(C)[C@H](NC(=O)c1ccc2ccccc2n1)C(=O)N[C@@H](Cc1ccccc1)[C@H](O)CN1CC[C@@H](OCc2cccnc2)C[C@H]1C(=O)NC(C)(C)C. The summed E-state index contributed by atoms with van der Waals surface area (Å²) in [6.45, 7) is 10.6. The molecule has 2 aromatic heterocycles. The molecule has 0 spiro atoms. The van der Waals surface area contributed by atoms with Crippen molar-refractivity contribution in [1.29, 1.82) is 0 Å². The van der Waals surface area contributed by atoms with E-state index in [1.807, 2.05) is 112 Å². The third-order valence-corrected chi connectivity index (χ3v) is 9.25. The fourth-order valence-electron chi connectivity index (χ4n) is 6.51. The summed E-state index contributed by atoms with van der Waals surface area (Å²) in [7, 11) is 0. The predicted octanol–water partition coefficient (Wildman–Crippen LogP) is 4.44. The second kappa shape index (κ2) is 17.7. The number of benzene rings is 2. The van der Waals surface area contributed by atoms with Crippen LogP contribution in [0.25, 0.3) is 10.9 Å². The van der Waals surface area contributed by atoms with Crippen LogP contribution in [0.3, 0.4) is 0 Å². The number of fused-ring (bicyclic) bond motifs is 1. The van der Waals surface area contributed by atoms with Gasteiger partial charge in [-0.2, -0.15) is 0 Å². The summed E-state index contributed by atoms with van der Waals surface area (Å²) in [5.41, 5.74) is 2.34. The van der Waals surface area contributed by atoms with Crippen LogP contribution < -0.4 is 16.0 Å². The van der Waals surface area contributed by atoms with E-state index in [0.717, 1.165) is 16.5 Å². The average molecular weight is 709 g/mol. The van der Waals surface area contributed by atoms with Gasteiger partial charge in [0.1, 0.15) is 11.7 Å². The van der Waals surface area contributed by atoms with Crippen LogP contribution in [0.15, 0.2) is 91.3 Å². The van der Waals surface area contributed by atoms with Gasteiger partial charge in [0.2, 0.25) is 11.8 Å². The maximum absolute atomic E-state index is 14.0. The van der Waals surface area contributed by atoms with Crippen molar-refractivity contribution in [3.05, 3.63) is 108 Å². The van der Waals surface area contributed by atoms with Crippen molar-refractivity contribution < 1.29 is 24.2 Å². The van der Waals surface area contributed by atoms with Crippen molar-refractivity contribution in [3.63, 3.8) is 0 Å². The van der Waals surface area contributed by atoms with Crippen LogP contribution in [0, 0.1) is 5.92 Å². The van der Waals surface area contributed by atoms with Gasteiger partial charge >= 0.3 is 0 Å². The van der Waals surface area contributed by atoms with Gasteiger partial charge in [0.15, 0.2) is 0 Å². The number of amides is 3. The average Bonchev–Trinajstić information content (AvgIpc) is 3.12. The summed E-state index contributed by atoms with van der Waals surface area (Å²) < 4.78 is 6.24. The quantitative estimate of drug-likeness (QED) is 0.151. The molecule has 0 aliphatic carbocycles. The number of carbonyl (C=O) groups excluding carboxylic acids is 3. The summed E-state index contributed by atoms with van der Waals surface area (Å²) >= 11 is 0. The molecule has 0 saturated carbocycles. The standard InChI is InChI=1S/C41H52N6O5/c1-27(2)37(45-38(49)33-18-17-30-15-9-10-16-32(30)43-33)40(51)44-34(22-28-12-7-6-8-13-28)36(48)25-47-21-19-31(52-26-29-14-11-20-42-24-29)23-35(47)39(50)46-41(3,4)5/h6-18,20,24,27,31,34-37,48H,19,21-23,25-26H2,1-5H3,(H,44,51)(H,45,49)(H,46,50)/t31-,34+,35+,36-,37+/m1/s1. The van der Waals surface area contributed by atoms with Gasteiger partial charge in [-0.25, -0.2) is 4.98 Å². The summed E-state index contributed by atoms with van der Waals surface area (Å²) in [5.74, 6) is -1.26. The molecule has 0 unspecified atom stereocenters. The molecule has 2 aromatic carbocycles. The molecule has 1 fully saturated rings. The first-order valence-electron chi connectivity index (χ1n) is 18.1. The highest BCUT2D eigenvalue weighted by atomic mass is 16.5. The highest BCUT2D eigenvalue weighted by molar-refractivity contribution is 5.98. The molecule has 1 saturated heterocycles. The number of likely N-dealkylation sites (tertiary alicyclic amines) is 1. The number of nitrogens with zero attached hydrogens (tertiary/aromatic N) is 3. The van der Waals surface area contributed by atoms with Gasteiger partial charge < -0.3 is 25.8 Å². The molecule has 11 nitrogen and oxygen atoms in total. The molecule has 52 heavy (non-hydrogen) atoms. The molecule has 1 aliphatic heterocycles. The zero-order valence-corrected chi connectivity index (χ0v) is 30.8. The van der Waals surface area contributed by atoms with Gasteiger partial charge in [0, 0.05) is 36.4 Å². The van der Waals surface area contributed by atoms with Crippen LogP contribution in [0.5, 0.6) is 0 Å². The number of para-hydroxylation sites is 1. The van der Waals surface area contributed by atoms with E-state index in [-0.39, 0.29) is 30.2 Å². The van der Waals surface area contributed by atoms with Crippen LogP contribution in [0.1, 0.15) is 69.1 Å². The molecule has 0 radical (unpaired) electrons. The van der Waals surface area contributed by atoms with E-state index in [9.17, 15) is 19.5 Å². The minimum atomic E-state index is -1.03. The number of aliphatic hydroxyl groups is 1. The van der Waals surface area contributed by atoms with Gasteiger partial charge in [0.25, 0.3) is 5.91 Å². The monoisotopic (exact) mass is 708 g/mol. The molecule has 11 heteroatoms. The number of aliphatic hydroxyl groups excluding tert-OH is 1. The number of piperidine rings is 1. The first-order chi connectivity index (χ1) is 24.9. The van der Waals surface area contributed by atoms with Crippen molar-refractivity contribution in [2.24, 2.45) is 5.92 Å². The summed E-state index contributed by atoms with van der Waals surface area (Å²) in [6, 6.07) is 22.3. The Morgan fingerprint density at radius 3 is 2.38 bits per heavy atom. The number of β-amino-alcohol motifs (C(OH)–C–C–N with tert-alkyl or cyclic N) is 1. The van der Waals surface area contributed by atoms with E-state index >= 15 is 0 Å². The number of aromatic nitrogens is 2. The Kier molecular flexibility index (Phi) is 13.1. The van der Waals surface area contributed by atoms with E-state index in [1.54, 1.807) is 18.5 Å². The van der Waals surface area contributed by atoms with Gasteiger partial charge in [-0.3, -0.25) is 24.3 Å². The molecule has 5 atom stereocenters. The van der Waals surface area contributed by atoms with E-state index < -0.39 is 41.6 Å². The topological polar surface area (TPSA) is 146 Å². The number of pyridine rings is 2. The Labute approximate surface area is 306 Å². The summed E-state index contributed by atoms with van der Waals surface area (Å²) in [6.07, 6.45) is 3.77. The highest BCUT2D eigenvalue weighted by Crippen LogP contribution is 2.24. The van der Waals surface area contributed by atoms with E-state index in [2.05, 4.69) is 25.9 Å². The molecule has 1 aliphatic rings. The zero-order chi connectivity index (χ0) is 37.3. The Bertz CT molecular complexity index is 1780. The Morgan fingerprint density at radius 1 is 0.942 bits per heavy atom. The largest absolute Gasteiger partial charge is 0.390 e. The minimum Gasteiger partial charge on any atom is -0.390 e. The van der Waals surface area contributed by atoms with Crippen molar-refractivity contribution in [2.75, 3.05) is 13.1 Å². The number of rotatable bonds is 14. The van der Waals surface area contributed by atoms with Crippen LogP contribution in [0.2, 0.25) is 0 Å². The van der Waals surface area contributed by atoms with Crippen LogP contribution in [-0.2, 0) is 27.4 Å².